The number of carboxylic acids is 6. The molecule has 0 aliphatic rings. The number of para-hydroxylation sites is 1. The standard InChI is InChI=1S/2C10H7NO2.C8H12Si.2C7H5IO2.2C6H5NO2.C5H8SSi/c12-10(13)8-4-3-7-2-1-5-11-9(7)6-8;12-10(13)8-5-7-3-1-2-4-9(7)11-6-8;1-7-4-3-5-8(6-7)9-2;8-6-3-1-5(2-4-6)7(9)10;8-6-3-1-2-5(4-6)7(9)10;8-6(9)5-1-3-7-4-2-5;8-6(9)5-2-1-3-7-4-5;1-7-5-3-2-4-6-5/h2*1-6H,(H,12,13);3-6H,9H2,1-2H3;2*1-4H,(H,9,10);2*1-4H,(H,8,9);2-4H,7H2,1H3. The number of aryl methyl sites for hydroxylation is 1. The summed E-state index contributed by atoms with van der Waals surface area (Å²) in [7, 11) is 0.222. The first-order valence-electron chi connectivity index (χ1n) is 23.8. The summed E-state index contributed by atoms with van der Waals surface area (Å²) in [5, 5.41) is 56.6. The Bertz CT molecular complexity index is 3410. The van der Waals surface area contributed by atoms with Gasteiger partial charge in [0.1, 0.15) is 0 Å². The molecule has 0 atom stereocenters. The molecule has 0 fully saturated rings. The van der Waals surface area contributed by atoms with Crippen molar-refractivity contribution < 1.29 is 59.4 Å². The van der Waals surface area contributed by atoms with Crippen LogP contribution in [0.5, 0.6) is 0 Å². The minimum Gasteiger partial charge on any atom is -0.478 e. The van der Waals surface area contributed by atoms with Crippen molar-refractivity contribution in [2.24, 2.45) is 0 Å². The third-order valence-corrected chi connectivity index (χ3v) is 15.8. The normalized spacial score (nSPS) is 9.81. The molecule has 0 aliphatic carbocycles. The zero-order valence-electron chi connectivity index (χ0n) is 43.2. The Balaban J connectivity index is 0.000000242. The number of aromatic nitrogens is 4. The molecule has 10 aromatic rings. The second-order valence-corrected chi connectivity index (χ2v) is 23.0. The van der Waals surface area contributed by atoms with E-state index in [-0.39, 0.29) is 41.3 Å². The molecule has 5 aromatic heterocycles. The SMILES string of the molecule is C[SiH2]c1cccc(C)c1.C[SiH2]c1cccs1.O=C(O)c1ccc(I)cc1.O=C(O)c1ccc2cccnc2c1.O=C(O)c1cccc(I)c1.O=C(O)c1cccnc1.O=C(O)c1ccncc1.O=C(O)c1cnc2ccccc2c1. The first-order valence-corrected chi connectivity index (χ1v) is 31.1. The number of carboxylic acid groups (broad SMARTS) is 6. The van der Waals surface area contributed by atoms with E-state index < -0.39 is 35.8 Å². The summed E-state index contributed by atoms with van der Waals surface area (Å²) in [6, 6.07) is 50.3. The highest BCUT2D eigenvalue weighted by Crippen LogP contribution is 2.14. The van der Waals surface area contributed by atoms with Gasteiger partial charge in [-0.3, -0.25) is 19.9 Å². The van der Waals surface area contributed by atoms with Gasteiger partial charge in [0, 0.05) is 55.1 Å². The van der Waals surface area contributed by atoms with Gasteiger partial charge in [0.15, 0.2) is 0 Å². The molecular weight excluding hydrogens is 1300 g/mol. The van der Waals surface area contributed by atoms with Crippen molar-refractivity contribution >= 4 is 143 Å². The van der Waals surface area contributed by atoms with Gasteiger partial charge in [-0.25, -0.2) is 28.8 Å². The molecule has 21 heteroatoms. The fraction of sp³-hybridized carbons (Fsp3) is 0.0508. The van der Waals surface area contributed by atoms with Gasteiger partial charge < -0.3 is 30.6 Å². The van der Waals surface area contributed by atoms with E-state index in [2.05, 4.69) is 127 Å². The Kier molecular flexibility index (Phi) is 30.2. The monoisotopic (exact) mass is 1350 g/mol. The van der Waals surface area contributed by atoms with Gasteiger partial charge in [0.05, 0.1) is 63.5 Å². The van der Waals surface area contributed by atoms with Crippen molar-refractivity contribution in [3.05, 3.63) is 259 Å². The molecule has 0 unspecified atom stereocenters. The van der Waals surface area contributed by atoms with Crippen LogP contribution >= 0.6 is 56.5 Å². The fourth-order valence-corrected chi connectivity index (χ4v) is 9.65. The van der Waals surface area contributed by atoms with E-state index in [0.717, 1.165) is 23.4 Å². The van der Waals surface area contributed by atoms with Crippen LogP contribution in [0.1, 0.15) is 67.7 Å². The number of pyridine rings is 4. The molecule has 0 spiro atoms. The molecule has 0 radical (unpaired) electrons. The van der Waals surface area contributed by atoms with E-state index in [9.17, 15) is 28.8 Å². The Morgan fingerprint density at radius 3 is 1.49 bits per heavy atom. The number of aromatic carboxylic acids is 6. The summed E-state index contributed by atoms with van der Waals surface area (Å²) < 4.78 is 3.60. The molecule has 0 saturated carbocycles. The van der Waals surface area contributed by atoms with Gasteiger partial charge in [0.25, 0.3) is 0 Å². The second kappa shape index (κ2) is 36.7. The molecule has 80 heavy (non-hydrogen) atoms. The summed E-state index contributed by atoms with van der Waals surface area (Å²) in [6.07, 6.45) is 8.75. The van der Waals surface area contributed by atoms with E-state index >= 15 is 0 Å². The lowest BCUT2D eigenvalue weighted by molar-refractivity contribution is 0.0685. The number of benzene rings is 5. The average molecular weight is 1350 g/mol. The van der Waals surface area contributed by atoms with Gasteiger partial charge in [-0.15, -0.1) is 0 Å². The van der Waals surface area contributed by atoms with Gasteiger partial charge in [-0.05, 0) is 159 Å². The molecule has 0 amide bonds. The third kappa shape index (κ3) is 25.9. The van der Waals surface area contributed by atoms with Gasteiger partial charge in [0.2, 0.25) is 0 Å². The maximum absolute atomic E-state index is 10.6. The number of carbonyl (C=O) groups is 6. The van der Waals surface area contributed by atoms with Crippen molar-refractivity contribution in [2.45, 2.75) is 20.0 Å². The number of nitrogens with zero attached hydrogens (tertiary/aromatic N) is 4. The van der Waals surface area contributed by atoms with E-state index in [0.29, 0.717) is 16.6 Å². The number of hydrogen-bond donors (Lipinski definition) is 6. The Morgan fingerprint density at radius 1 is 0.412 bits per heavy atom. The number of fused-ring (bicyclic) bond motifs is 2. The summed E-state index contributed by atoms with van der Waals surface area (Å²) in [6.45, 7) is 6.77. The first kappa shape index (κ1) is 65.9. The van der Waals surface area contributed by atoms with Crippen LogP contribution in [-0.2, 0) is 0 Å². The zero-order chi connectivity index (χ0) is 58.8. The van der Waals surface area contributed by atoms with Crippen molar-refractivity contribution in [1.82, 2.24) is 19.9 Å². The molecule has 10 rings (SSSR count). The van der Waals surface area contributed by atoms with Crippen molar-refractivity contribution in [3.8, 4) is 0 Å². The largest absolute Gasteiger partial charge is 0.478 e. The molecule has 0 bridgehead atoms. The lowest BCUT2D eigenvalue weighted by atomic mass is 10.1. The Hall–Kier alpha value is -8.37. The second-order valence-electron chi connectivity index (χ2n) is 15.9. The number of rotatable bonds is 8. The molecule has 6 N–H and O–H groups in total. The van der Waals surface area contributed by atoms with Crippen LogP contribution in [0.2, 0.25) is 13.1 Å². The maximum atomic E-state index is 10.6. The molecule has 0 saturated heterocycles. The quantitative estimate of drug-likeness (QED) is 0.0609. The Labute approximate surface area is 496 Å². The van der Waals surface area contributed by atoms with E-state index in [4.69, 9.17) is 30.6 Å². The van der Waals surface area contributed by atoms with E-state index in [1.807, 2.05) is 53.8 Å². The van der Waals surface area contributed by atoms with Crippen molar-refractivity contribution in [3.63, 3.8) is 0 Å². The van der Waals surface area contributed by atoms with Gasteiger partial charge in [-0.2, -0.15) is 11.3 Å². The van der Waals surface area contributed by atoms with Crippen molar-refractivity contribution in [2.75, 3.05) is 0 Å². The predicted octanol–water partition coefficient (Wildman–Crippen LogP) is 10.8. The summed E-state index contributed by atoms with van der Waals surface area (Å²) in [5.74, 6) is -5.48. The molecule has 5 heterocycles. The Morgan fingerprint density at radius 2 is 0.988 bits per heavy atom. The molecule has 5 aromatic carbocycles. The smallest absolute Gasteiger partial charge is 0.337 e. The molecule has 410 valence electrons. The molecule has 0 aliphatic heterocycles. The minimum atomic E-state index is -0.946. The predicted molar refractivity (Wildman–Crippen MR) is 336 cm³/mol. The number of halogens is 2. The summed E-state index contributed by atoms with van der Waals surface area (Å²) >= 11 is 6.09. The van der Waals surface area contributed by atoms with E-state index in [1.165, 1.54) is 54.7 Å². The molecular formula is C59H54I2N4O12SSi2. The summed E-state index contributed by atoms with van der Waals surface area (Å²) in [4.78, 5) is 77.6. The highest BCUT2D eigenvalue weighted by molar-refractivity contribution is 14.1. The topological polar surface area (TPSA) is 275 Å². The molecule has 16 nitrogen and oxygen atoms in total. The fourth-order valence-electron chi connectivity index (χ4n) is 6.03. The van der Waals surface area contributed by atoms with Crippen LogP contribution in [0.15, 0.2) is 212 Å². The minimum absolute atomic E-state index is 0.0699. The van der Waals surface area contributed by atoms with Crippen LogP contribution in [-0.4, -0.2) is 105 Å². The lowest BCUT2D eigenvalue weighted by Crippen LogP contribution is -2.09. The van der Waals surface area contributed by atoms with Gasteiger partial charge >= 0.3 is 35.8 Å². The lowest BCUT2D eigenvalue weighted by Gasteiger charge is -1.97. The maximum Gasteiger partial charge on any atom is 0.337 e. The average Bonchev–Trinajstić information content (AvgIpc) is 4.01. The summed E-state index contributed by atoms with van der Waals surface area (Å²) in [5.41, 5.74) is 4.57. The van der Waals surface area contributed by atoms with Crippen LogP contribution in [0, 0.1) is 14.1 Å². The highest BCUT2D eigenvalue weighted by atomic mass is 127. The van der Waals surface area contributed by atoms with Crippen LogP contribution in [0.3, 0.4) is 0 Å². The highest BCUT2D eigenvalue weighted by Gasteiger charge is 2.05. The third-order valence-electron chi connectivity index (χ3n) is 10.1. The van der Waals surface area contributed by atoms with Crippen LogP contribution in [0.25, 0.3) is 21.8 Å². The first-order chi connectivity index (χ1) is 38.3. The van der Waals surface area contributed by atoms with Crippen LogP contribution < -0.4 is 9.69 Å². The van der Waals surface area contributed by atoms with Crippen molar-refractivity contribution in [1.29, 1.82) is 0 Å². The van der Waals surface area contributed by atoms with Gasteiger partial charge in [-0.1, -0.05) is 96.6 Å². The van der Waals surface area contributed by atoms with E-state index in [1.54, 1.807) is 88.7 Å². The zero-order valence-corrected chi connectivity index (χ0v) is 51.2. The number of hydrogen-bond acceptors (Lipinski definition) is 11. The number of thiophene rings is 1. The van der Waals surface area contributed by atoms with Crippen LogP contribution in [0.4, 0.5) is 0 Å².